The average Bonchev–Trinajstić information content (AvgIpc) is 3.29. The van der Waals surface area contributed by atoms with E-state index in [1.165, 1.54) is 0 Å². The fraction of sp³-hybridized carbons (Fsp3) is 0.318. The minimum atomic E-state index is -0.0787. The van der Waals surface area contributed by atoms with Crippen molar-refractivity contribution in [2.45, 2.75) is 19.4 Å². The molecular formula is C22H25ClFN7. The fourth-order valence-corrected chi connectivity index (χ4v) is 4.41. The average molecular weight is 442 g/mol. The number of nitrogens with two attached hydrogens (primary N) is 1. The van der Waals surface area contributed by atoms with Crippen LogP contribution >= 0.6 is 12.4 Å². The minimum absolute atomic E-state index is 0. The van der Waals surface area contributed by atoms with Gasteiger partial charge in [-0.05, 0) is 31.5 Å². The summed E-state index contributed by atoms with van der Waals surface area (Å²) in [6, 6.07) is 7.42. The van der Waals surface area contributed by atoms with Crippen molar-refractivity contribution < 1.29 is 4.39 Å². The normalized spacial score (nSPS) is 18.1. The van der Waals surface area contributed by atoms with Crippen LogP contribution in [0.15, 0.2) is 42.7 Å². The molecule has 0 amide bonds. The summed E-state index contributed by atoms with van der Waals surface area (Å²) >= 11 is 0. The first kappa shape index (κ1) is 21.3. The maximum atomic E-state index is 14.1. The number of anilines is 2. The molecule has 2 aromatic heterocycles. The van der Waals surface area contributed by atoms with Crippen LogP contribution < -0.4 is 10.6 Å². The van der Waals surface area contributed by atoms with Gasteiger partial charge < -0.3 is 10.6 Å². The molecule has 7 nitrogen and oxygen atoms in total. The SMILES string of the molecule is Cc1c(/C=C/CN2CCN3c4cccc(F)c4CC3C2)cnn1-c1nccc(N)n1.Cl. The first-order valence-corrected chi connectivity index (χ1v) is 10.2. The Morgan fingerprint density at radius 1 is 1.26 bits per heavy atom. The van der Waals surface area contributed by atoms with Crippen LogP contribution in [0.4, 0.5) is 15.9 Å². The van der Waals surface area contributed by atoms with Gasteiger partial charge in [0.05, 0.1) is 11.9 Å². The van der Waals surface area contributed by atoms with Gasteiger partial charge in [0.2, 0.25) is 0 Å². The van der Waals surface area contributed by atoms with E-state index < -0.39 is 0 Å². The Morgan fingerprint density at radius 3 is 2.97 bits per heavy atom. The van der Waals surface area contributed by atoms with E-state index in [1.54, 1.807) is 23.0 Å². The second-order valence-corrected chi connectivity index (χ2v) is 7.83. The summed E-state index contributed by atoms with van der Waals surface area (Å²) in [6.07, 6.45) is 8.47. The lowest BCUT2D eigenvalue weighted by atomic mass is 10.1. The van der Waals surface area contributed by atoms with Crippen LogP contribution in [-0.2, 0) is 6.42 Å². The van der Waals surface area contributed by atoms with Gasteiger partial charge in [0, 0.05) is 55.2 Å². The second kappa shape index (κ2) is 8.64. The van der Waals surface area contributed by atoms with Gasteiger partial charge >= 0.3 is 0 Å². The molecule has 1 fully saturated rings. The van der Waals surface area contributed by atoms with Crippen molar-refractivity contribution >= 4 is 30.0 Å². The van der Waals surface area contributed by atoms with Gasteiger partial charge in [0.25, 0.3) is 5.95 Å². The molecule has 2 aliphatic rings. The zero-order valence-corrected chi connectivity index (χ0v) is 18.1. The van der Waals surface area contributed by atoms with E-state index >= 15 is 0 Å². The molecule has 5 rings (SSSR count). The van der Waals surface area contributed by atoms with Crippen molar-refractivity contribution in [3.63, 3.8) is 0 Å². The Bertz CT molecular complexity index is 1110. The van der Waals surface area contributed by atoms with Crippen LogP contribution in [0.3, 0.4) is 0 Å². The van der Waals surface area contributed by atoms with Crippen molar-refractivity contribution in [2.24, 2.45) is 0 Å². The zero-order chi connectivity index (χ0) is 20.7. The highest BCUT2D eigenvalue weighted by Crippen LogP contribution is 2.35. The predicted molar refractivity (Wildman–Crippen MR) is 122 cm³/mol. The molecule has 1 saturated heterocycles. The van der Waals surface area contributed by atoms with E-state index in [2.05, 4.69) is 37.0 Å². The standard InChI is InChI=1S/C22H24FN7.ClH/c1-15-16(13-26-30(15)22-25-8-7-21(24)27-22)4-3-9-28-10-11-29-17(14-28)12-18-19(23)5-2-6-20(18)29;/h2-8,13,17H,9-12,14H2,1H3,(H2,24,25,27);1H/b4-3+;. The number of nitrogen functional groups attached to an aromatic ring is 1. The summed E-state index contributed by atoms with van der Waals surface area (Å²) in [5, 5.41) is 4.40. The van der Waals surface area contributed by atoms with Crippen molar-refractivity contribution in [3.8, 4) is 5.95 Å². The van der Waals surface area contributed by atoms with Gasteiger partial charge in [0.15, 0.2) is 0 Å². The van der Waals surface area contributed by atoms with Gasteiger partial charge in [-0.15, -0.1) is 12.4 Å². The van der Waals surface area contributed by atoms with Crippen LogP contribution in [0, 0.1) is 12.7 Å². The van der Waals surface area contributed by atoms with Crippen molar-refractivity contribution in [1.82, 2.24) is 24.6 Å². The number of fused-ring (bicyclic) bond motifs is 3. The molecule has 0 aliphatic carbocycles. The number of hydrogen-bond acceptors (Lipinski definition) is 6. The van der Waals surface area contributed by atoms with E-state index in [0.717, 1.165) is 55.1 Å². The van der Waals surface area contributed by atoms with Crippen LogP contribution in [0.1, 0.15) is 16.8 Å². The molecule has 1 aromatic carbocycles. The summed E-state index contributed by atoms with van der Waals surface area (Å²) in [5.74, 6) is 0.807. The zero-order valence-electron chi connectivity index (χ0n) is 17.3. The fourth-order valence-electron chi connectivity index (χ4n) is 4.41. The summed E-state index contributed by atoms with van der Waals surface area (Å²) in [7, 11) is 0. The lowest BCUT2D eigenvalue weighted by Gasteiger charge is -2.38. The summed E-state index contributed by atoms with van der Waals surface area (Å²) in [4.78, 5) is 13.2. The van der Waals surface area contributed by atoms with Crippen LogP contribution in [0.25, 0.3) is 12.0 Å². The smallest absolute Gasteiger partial charge is 0.252 e. The Hall–Kier alpha value is -2.97. The highest BCUT2D eigenvalue weighted by atomic mass is 35.5. The van der Waals surface area contributed by atoms with Crippen LogP contribution in [0.2, 0.25) is 0 Å². The molecule has 162 valence electrons. The van der Waals surface area contributed by atoms with Crippen molar-refractivity contribution in [2.75, 3.05) is 36.8 Å². The molecule has 4 heterocycles. The lowest BCUT2D eigenvalue weighted by Crippen LogP contribution is -2.51. The van der Waals surface area contributed by atoms with E-state index in [1.807, 2.05) is 25.3 Å². The molecule has 0 spiro atoms. The monoisotopic (exact) mass is 441 g/mol. The molecule has 9 heteroatoms. The molecule has 3 aromatic rings. The minimum Gasteiger partial charge on any atom is -0.384 e. The third kappa shape index (κ3) is 4.00. The Morgan fingerprint density at radius 2 is 2.13 bits per heavy atom. The van der Waals surface area contributed by atoms with E-state index in [9.17, 15) is 4.39 Å². The van der Waals surface area contributed by atoms with Gasteiger partial charge in [-0.25, -0.2) is 14.1 Å². The maximum absolute atomic E-state index is 14.1. The molecule has 2 N–H and O–H groups in total. The summed E-state index contributed by atoms with van der Waals surface area (Å²) < 4.78 is 15.8. The van der Waals surface area contributed by atoms with Crippen molar-refractivity contribution in [1.29, 1.82) is 0 Å². The molecule has 2 aliphatic heterocycles. The van der Waals surface area contributed by atoms with E-state index in [0.29, 0.717) is 17.8 Å². The van der Waals surface area contributed by atoms with E-state index in [4.69, 9.17) is 5.73 Å². The number of nitrogens with zero attached hydrogens (tertiary/aromatic N) is 6. The van der Waals surface area contributed by atoms with Gasteiger partial charge in [-0.2, -0.15) is 10.1 Å². The predicted octanol–water partition coefficient (Wildman–Crippen LogP) is 2.87. The summed E-state index contributed by atoms with van der Waals surface area (Å²) in [5.41, 5.74) is 9.68. The first-order valence-electron chi connectivity index (χ1n) is 10.2. The van der Waals surface area contributed by atoms with Crippen molar-refractivity contribution in [3.05, 3.63) is 65.4 Å². The number of halogens is 2. The Kier molecular flexibility index (Phi) is 5.93. The van der Waals surface area contributed by atoms with Crippen LogP contribution in [0.5, 0.6) is 0 Å². The topological polar surface area (TPSA) is 76.1 Å². The maximum Gasteiger partial charge on any atom is 0.252 e. The molecular weight excluding hydrogens is 417 g/mol. The molecule has 0 radical (unpaired) electrons. The molecule has 1 unspecified atom stereocenters. The Balaban J connectivity index is 0.00000231. The number of benzene rings is 1. The molecule has 1 atom stereocenters. The number of piperazine rings is 1. The highest BCUT2D eigenvalue weighted by molar-refractivity contribution is 5.85. The van der Waals surface area contributed by atoms with Gasteiger partial charge in [-0.3, -0.25) is 4.90 Å². The third-order valence-electron chi connectivity index (χ3n) is 5.97. The molecule has 0 bridgehead atoms. The highest BCUT2D eigenvalue weighted by Gasteiger charge is 2.35. The largest absolute Gasteiger partial charge is 0.384 e. The van der Waals surface area contributed by atoms with E-state index in [-0.39, 0.29) is 18.2 Å². The Labute approximate surface area is 186 Å². The lowest BCUT2D eigenvalue weighted by molar-refractivity contribution is 0.249. The third-order valence-corrected chi connectivity index (χ3v) is 5.97. The molecule has 31 heavy (non-hydrogen) atoms. The second-order valence-electron chi connectivity index (χ2n) is 7.83. The van der Waals surface area contributed by atoms with Gasteiger partial charge in [-0.1, -0.05) is 18.2 Å². The quantitative estimate of drug-likeness (QED) is 0.671. The summed E-state index contributed by atoms with van der Waals surface area (Å²) in [6.45, 7) is 5.67. The first-order chi connectivity index (χ1) is 14.6. The number of rotatable bonds is 4. The number of hydrogen-bond donors (Lipinski definition) is 1. The molecule has 0 saturated carbocycles. The number of aromatic nitrogens is 4. The van der Waals surface area contributed by atoms with Crippen LogP contribution in [-0.4, -0.2) is 56.9 Å². The van der Waals surface area contributed by atoms with Gasteiger partial charge in [0.1, 0.15) is 11.6 Å².